The number of hydrogen-bond donors (Lipinski definition) is 1. The molecule has 0 bridgehead atoms. The van der Waals surface area contributed by atoms with Crippen molar-refractivity contribution in [2.24, 2.45) is 0 Å². The normalized spacial score (nSPS) is 13.3. The topological polar surface area (TPSA) is 55.4 Å². The van der Waals surface area contributed by atoms with E-state index in [9.17, 15) is 12.8 Å². The first kappa shape index (κ1) is 15.9. The van der Waals surface area contributed by atoms with Gasteiger partial charge in [0.25, 0.3) is 0 Å². The Labute approximate surface area is 113 Å². The molecule has 108 valence electrons. The molecule has 1 N–H and O–H groups in total. The lowest BCUT2D eigenvalue weighted by Gasteiger charge is -2.17. The third-order valence-corrected chi connectivity index (χ3v) is 3.84. The van der Waals surface area contributed by atoms with E-state index in [1.165, 1.54) is 19.4 Å². The first-order valence-corrected chi connectivity index (χ1v) is 8.14. The molecule has 0 amide bonds. The average molecular weight is 289 g/mol. The van der Waals surface area contributed by atoms with E-state index in [4.69, 9.17) is 4.74 Å². The van der Waals surface area contributed by atoms with Crippen molar-refractivity contribution in [2.45, 2.75) is 19.4 Å². The summed E-state index contributed by atoms with van der Waals surface area (Å²) in [5.41, 5.74) is 0.462. The molecule has 0 saturated carbocycles. The third kappa shape index (κ3) is 5.16. The summed E-state index contributed by atoms with van der Waals surface area (Å²) in [6.07, 6.45) is 1.70. The van der Waals surface area contributed by atoms with Crippen LogP contribution in [0.3, 0.4) is 0 Å². The Morgan fingerprint density at radius 1 is 1.42 bits per heavy atom. The minimum atomic E-state index is -2.95. The van der Waals surface area contributed by atoms with Crippen molar-refractivity contribution < 1.29 is 17.5 Å². The van der Waals surface area contributed by atoms with E-state index in [1.54, 1.807) is 12.1 Å². The van der Waals surface area contributed by atoms with Crippen molar-refractivity contribution in [1.29, 1.82) is 0 Å². The molecule has 0 heterocycles. The molecule has 0 spiro atoms. The molecular weight excluding hydrogens is 269 g/mol. The van der Waals surface area contributed by atoms with Crippen LogP contribution in [-0.2, 0) is 9.84 Å². The Morgan fingerprint density at radius 3 is 2.68 bits per heavy atom. The van der Waals surface area contributed by atoms with Crippen LogP contribution in [0.2, 0.25) is 0 Å². The highest BCUT2D eigenvalue weighted by molar-refractivity contribution is 7.90. The van der Waals surface area contributed by atoms with E-state index >= 15 is 0 Å². The van der Waals surface area contributed by atoms with Crippen LogP contribution in [0.1, 0.15) is 24.9 Å². The minimum absolute atomic E-state index is 0.126. The van der Waals surface area contributed by atoms with Crippen LogP contribution in [0.15, 0.2) is 18.2 Å². The summed E-state index contributed by atoms with van der Waals surface area (Å²) in [6.45, 7) is 2.33. The number of rotatable bonds is 7. The first-order valence-electron chi connectivity index (χ1n) is 6.08. The summed E-state index contributed by atoms with van der Waals surface area (Å²) in [7, 11) is -1.45. The highest BCUT2D eigenvalue weighted by Crippen LogP contribution is 2.27. The second-order valence-corrected chi connectivity index (χ2v) is 6.77. The zero-order chi connectivity index (χ0) is 14.5. The number of sulfone groups is 1. The lowest BCUT2D eigenvalue weighted by Crippen LogP contribution is -2.23. The number of hydrogen-bond acceptors (Lipinski definition) is 4. The van der Waals surface area contributed by atoms with E-state index in [0.29, 0.717) is 24.3 Å². The Bertz CT molecular complexity index is 517. The average Bonchev–Trinajstić information content (AvgIpc) is 2.32. The van der Waals surface area contributed by atoms with E-state index in [0.717, 1.165) is 0 Å². The highest BCUT2D eigenvalue weighted by Gasteiger charge is 2.15. The molecule has 6 heteroatoms. The van der Waals surface area contributed by atoms with Gasteiger partial charge < -0.3 is 10.1 Å². The van der Waals surface area contributed by atoms with E-state index < -0.39 is 9.84 Å². The molecule has 1 atom stereocenters. The Hall–Kier alpha value is -1.14. The fourth-order valence-corrected chi connectivity index (χ4v) is 2.54. The lowest BCUT2D eigenvalue weighted by atomic mass is 10.1. The summed E-state index contributed by atoms with van der Waals surface area (Å²) in [5.74, 6) is 0.284. The standard InChI is InChI=1S/C13H20FNO3S/c1-10(15-8-5-9-19(3,16)17)13-11(14)6-4-7-12(13)18-2/h4,6-7,10,15H,5,8-9H2,1-3H3. The number of halogens is 1. The molecule has 0 aliphatic carbocycles. The Kier molecular flexibility index (Phi) is 5.75. The number of methoxy groups -OCH3 is 1. The van der Waals surface area contributed by atoms with Crippen molar-refractivity contribution in [2.75, 3.05) is 25.7 Å². The van der Waals surface area contributed by atoms with Gasteiger partial charge in [0.2, 0.25) is 0 Å². The van der Waals surface area contributed by atoms with Crippen molar-refractivity contribution in [3.05, 3.63) is 29.6 Å². The van der Waals surface area contributed by atoms with Crippen LogP contribution in [-0.4, -0.2) is 34.1 Å². The van der Waals surface area contributed by atoms with Crippen LogP contribution >= 0.6 is 0 Å². The molecule has 0 aromatic heterocycles. The smallest absolute Gasteiger partial charge is 0.147 e. The predicted molar refractivity (Wildman–Crippen MR) is 73.7 cm³/mol. The van der Waals surface area contributed by atoms with Crippen molar-refractivity contribution in [1.82, 2.24) is 5.32 Å². The van der Waals surface area contributed by atoms with E-state index in [1.807, 2.05) is 6.92 Å². The zero-order valence-electron chi connectivity index (χ0n) is 11.4. The van der Waals surface area contributed by atoms with Gasteiger partial charge in [-0.3, -0.25) is 0 Å². The maximum atomic E-state index is 13.8. The predicted octanol–water partition coefficient (Wildman–Crippen LogP) is 1.92. The second kappa shape index (κ2) is 6.86. The molecule has 0 saturated heterocycles. The summed E-state index contributed by atoms with van der Waals surface area (Å²) >= 11 is 0. The monoisotopic (exact) mass is 289 g/mol. The summed E-state index contributed by atoms with van der Waals surface area (Å²) < 4.78 is 40.9. The summed E-state index contributed by atoms with van der Waals surface area (Å²) in [4.78, 5) is 0. The van der Waals surface area contributed by atoms with Crippen molar-refractivity contribution in [3.8, 4) is 5.75 Å². The summed E-state index contributed by atoms with van der Waals surface area (Å²) in [5, 5.41) is 3.10. The molecule has 4 nitrogen and oxygen atoms in total. The largest absolute Gasteiger partial charge is 0.496 e. The first-order chi connectivity index (χ1) is 8.85. The molecular formula is C13H20FNO3S. The van der Waals surface area contributed by atoms with Crippen LogP contribution in [0, 0.1) is 5.82 Å². The SMILES string of the molecule is COc1cccc(F)c1C(C)NCCCS(C)(=O)=O. The van der Waals surface area contributed by atoms with Gasteiger partial charge >= 0.3 is 0 Å². The molecule has 19 heavy (non-hydrogen) atoms. The zero-order valence-corrected chi connectivity index (χ0v) is 12.3. The molecule has 1 unspecified atom stereocenters. The van der Waals surface area contributed by atoms with Gasteiger partial charge in [0.15, 0.2) is 0 Å². The van der Waals surface area contributed by atoms with Gasteiger partial charge in [-0.05, 0) is 32.0 Å². The molecule has 0 aliphatic rings. The molecule has 1 aromatic carbocycles. The van der Waals surface area contributed by atoms with Gasteiger partial charge in [0.05, 0.1) is 12.9 Å². The third-order valence-electron chi connectivity index (χ3n) is 2.81. The van der Waals surface area contributed by atoms with Crippen molar-refractivity contribution >= 4 is 9.84 Å². The maximum absolute atomic E-state index is 13.8. The quantitative estimate of drug-likeness (QED) is 0.779. The van der Waals surface area contributed by atoms with Crippen LogP contribution < -0.4 is 10.1 Å². The number of benzene rings is 1. The Morgan fingerprint density at radius 2 is 2.11 bits per heavy atom. The lowest BCUT2D eigenvalue weighted by molar-refractivity contribution is 0.394. The number of ether oxygens (including phenoxy) is 1. The van der Waals surface area contributed by atoms with Crippen LogP contribution in [0.5, 0.6) is 5.75 Å². The van der Waals surface area contributed by atoms with Gasteiger partial charge in [-0.1, -0.05) is 6.07 Å². The van der Waals surface area contributed by atoms with Crippen molar-refractivity contribution in [3.63, 3.8) is 0 Å². The molecule has 0 radical (unpaired) electrons. The van der Waals surface area contributed by atoms with Crippen LogP contribution in [0.25, 0.3) is 0 Å². The van der Waals surface area contributed by atoms with E-state index in [-0.39, 0.29) is 17.6 Å². The van der Waals surface area contributed by atoms with Crippen LogP contribution in [0.4, 0.5) is 4.39 Å². The summed E-state index contributed by atoms with van der Waals surface area (Å²) in [6, 6.07) is 4.43. The molecule has 1 rings (SSSR count). The number of nitrogens with one attached hydrogen (secondary N) is 1. The van der Waals surface area contributed by atoms with Gasteiger partial charge in [0, 0.05) is 17.9 Å². The maximum Gasteiger partial charge on any atom is 0.147 e. The van der Waals surface area contributed by atoms with Gasteiger partial charge in [-0.25, -0.2) is 12.8 Å². The second-order valence-electron chi connectivity index (χ2n) is 4.52. The molecule has 1 aromatic rings. The minimum Gasteiger partial charge on any atom is -0.496 e. The Balaban J connectivity index is 2.61. The fourth-order valence-electron chi connectivity index (χ4n) is 1.87. The van der Waals surface area contributed by atoms with E-state index in [2.05, 4.69) is 5.32 Å². The highest BCUT2D eigenvalue weighted by atomic mass is 32.2. The molecule has 0 fully saturated rings. The van der Waals surface area contributed by atoms with Gasteiger partial charge in [-0.15, -0.1) is 0 Å². The molecule has 0 aliphatic heterocycles. The fraction of sp³-hybridized carbons (Fsp3) is 0.538. The van der Waals surface area contributed by atoms with Gasteiger partial charge in [0.1, 0.15) is 21.4 Å². The van der Waals surface area contributed by atoms with Gasteiger partial charge in [-0.2, -0.15) is 0 Å².